The number of amides is 3. The summed E-state index contributed by atoms with van der Waals surface area (Å²) < 4.78 is 4.55. The van der Waals surface area contributed by atoms with E-state index in [2.05, 4.69) is 15.4 Å². The number of carboxylic acids is 1. The number of aliphatic carboxylic acids is 1. The molecule has 1 saturated carbocycles. The summed E-state index contributed by atoms with van der Waals surface area (Å²) in [5.74, 6) is -1.14. The van der Waals surface area contributed by atoms with Gasteiger partial charge in [-0.1, -0.05) is 25.7 Å². The maximum absolute atomic E-state index is 11.3. The Labute approximate surface area is 111 Å². The highest BCUT2D eigenvalue weighted by Gasteiger charge is 2.15. The van der Waals surface area contributed by atoms with Crippen molar-refractivity contribution < 1.29 is 24.2 Å². The number of hydrogen-bond acceptors (Lipinski definition) is 4. The second-order valence-corrected chi connectivity index (χ2v) is 4.63. The molecule has 7 nitrogen and oxygen atoms in total. The summed E-state index contributed by atoms with van der Waals surface area (Å²) in [5.41, 5.74) is 0. The monoisotopic (exact) mass is 272 g/mol. The standard InChI is InChI=1S/C12H20N2O5/c15-10(7-19-8-11(16)17)14-12(18)13-6-5-9-3-1-2-4-9/h9H,1-8H2,(H,16,17)(H2,13,14,15,18). The summed E-state index contributed by atoms with van der Waals surface area (Å²) in [6, 6.07) is -0.568. The molecule has 0 aromatic carbocycles. The molecule has 0 bridgehead atoms. The molecule has 0 heterocycles. The highest BCUT2D eigenvalue weighted by molar-refractivity contribution is 5.94. The van der Waals surface area contributed by atoms with Crippen LogP contribution in [0.2, 0.25) is 0 Å². The SMILES string of the molecule is O=C(O)COCC(=O)NC(=O)NCCC1CCCC1. The quantitative estimate of drug-likeness (QED) is 0.625. The van der Waals surface area contributed by atoms with E-state index in [1.54, 1.807) is 0 Å². The Morgan fingerprint density at radius 1 is 1.16 bits per heavy atom. The zero-order valence-corrected chi connectivity index (χ0v) is 10.8. The lowest BCUT2D eigenvalue weighted by molar-refractivity contribution is -0.143. The topological polar surface area (TPSA) is 105 Å². The van der Waals surface area contributed by atoms with Crippen LogP contribution in [0.3, 0.4) is 0 Å². The van der Waals surface area contributed by atoms with Gasteiger partial charge < -0.3 is 15.2 Å². The fraction of sp³-hybridized carbons (Fsp3) is 0.750. The van der Waals surface area contributed by atoms with Crippen LogP contribution < -0.4 is 10.6 Å². The van der Waals surface area contributed by atoms with Crippen LogP contribution in [0.15, 0.2) is 0 Å². The average molecular weight is 272 g/mol. The first kappa shape index (κ1) is 15.4. The minimum atomic E-state index is -1.16. The molecule has 1 aliphatic rings. The Kier molecular flexibility index (Phi) is 6.88. The normalized spacial score (nSPS) is 15.2. The van der Waals surface area contributed by atoms with E-state index in [1.165, 1.54) is 25.7 Å². The van der Waals surface area contributed by atoms with Gasteiger partial charge in [0, 0.05) is 6.54 Å². The summed E-state index contributed by atoms with van der Waals surface area (Å²) >= 11 is 0. The van der Waals surface area contributed by atoms with Gasteiger partial charge in [0.2, 0.25) is 0 Å². The summed E-state index contributed by atoms with van der Waals surface area (Å²) in [7, 11) is 0. The third-order valence-electron chi connectivity index (χ3n) is 3.02. The predicted octanol–water partition coefficient (Wildman–Crippen LogP) is 0.494. The number of carbonyl (C=O) groups excluding carboxylic acids is 2. The Hall–Kier alpha value is -1.63. The van der Waals surface area contributed by atoms with Crippen molar-refractivity contribution in [2.75, 3.05) is 19.8 Å². The molecule has 1 rings (SSSR count). The van der Waals surface area contributed by atoms with Gasteiger partial charge in [-0.15, -0.1) is 0 Å². The molecule has 1 fully saturated rings. The number of carbonyl (C=O) groups is 3. The minimum absolute atomic E-state index is 0.442. The molecular weight excluding hydrogens is 252 g/mol. The molecule has 19 heavy (non-hydrogen) atoms. The smallest absolute Gasteiger partial charge is 0.329 e. The van der Waals surface area contributed by atoms with Gasteiger partial charge in [0.1, 0.15) is 13.2 Å². The molecule has 108 valence electrons. The number of carboxylic acid groups (broad SMARTS) is 1. The van der Waals surface area contributed by atoms with E-state index in [-0.39, 0.29) is 0 Å². The van der Waals surface area contributed by atoms with E-state index in [0.29, 0.717) is 12.5 Å². The molecular formula is C12H20N2O5. The largest absolute Gasteiger partial charge is 0.480 e. The van der Waals surface area contributed by atoms with Crippen molar-refractivity contribution in [3.8, 4) is 0 Å². The molecule has 3 N–H and O–H groups in total. The van der Waals surface area contributed by atoms with Crippen LogP contribution in [0, 0.1) is 5.92 Å². The highest BCUT2D eigenvalue weighted by Crippen LogP contribution is 2.26. The van der Waals surface area contributed by atoms with Gasteiger partial charge >= 0.3 is 12.0 Å². The molecule has 3 amide bonds. The Morgan fingerprint density at radius 2 is 1.84 bits per heavy atom. The average Bonchev–Trinajstić information content (AvgIpc) is 2.81. The van der Waals surface area contributed by atoms with E-state index < -0.39 is 31.1 Å². The molecule has 7 heteroatoms. The fourth-order valence-electron chi connectivity index (χ4n) is 2.13. The number of hydrogen-bond donors (Lipinski definition) is 3. The number of ether oxygens (including phenoxy) is 1. The van der Waals surface area contributed by atoms with Crippen molar-refractivity contribution in [1.82, 2.24) is 10.6 Å². The first-order chi connectivity index (χ1) is 9.08. The first-order valence-corrected chi connectivity index (χ1v) is 6.45. The summed E-state index contributed by atoms with van der Waals surface area (Å²) in [6.45, 7) is -0.459. The van der Waals surface area contributed by atoms with Crippen molar-refractivity contribution in [3.05, 3.63) is 0 Å². The van der Waals surface area contributed by atoms with Crippen LogP contribution in [-0.4, -0.2) is 42.8 Å². The molecule has 0 saturated heterocycles. The van der Waals surface area contributed by atoms with Gasteiger partial charge in [0.15, 0.2) is 0 Å². The van der Waals surface area contributed by atoms with Crippen molar-refractivity contribution in [1.29, 1.82) is 0 Å². The van der Waals surface area contributed by atoms with Crippen LogP contribution in [0.4, 0.5) is 4.79 Å². The third kappa shape index (κ3) is 7.40. The molecule has 0 radical (unpaired) electrons. The molecule has 0 atom stereocenters. The van der Waals surface area contributed by atoms with Gasteiger partial charge in [-0.25, -0.2) is 9.59 Å². The van der Waals surface area contributed by atoms with E-state index in [4.69, 9.17) is 5.11 Å². The Morgan fingerprint density at radius 3 is 2.47 bits per heavy atom. The van der Waals surface area contributed by atoms with Crippen LogP contribution in [0.25, 0.3) is 0 Å². The van der Waals surface area contributed by atoms with Gasteiger partial charge in [-0.05, 0) is 12.3 Å². The van der Waals surface area contributed by atoms with Crippen LogP contribution >= 0.6 is 0 Å². The lowest BCUT2D eigenvalue weighted by atomic mass is 10.0. The van der Waals surface area contributed by atoms with Crippen LogP contribution in [-0.2, 0) is 14.3 Å². The maximum atomic E-state index is 11.3. The van der Waals surface area contributed by atoms with Gasteiger partial charge in [-0.3, -0.25) is 10.1 Å². The minimum Gasteiger partial charge on any atom is -0.480 e. The number of imide groups is 1. The van der Waals surface area contributed by atoms with E-state index >= 15 is 0 Å². The second kappa shape index (κ2) is 8.47. The zero-order valence-electron chi connectivity index (χ0n) is 10.8. The van der Waals surface area contributed by atoms with E-state index in [9.17, 15) is 14.4 Å². The summed E-state index contributed by atoms with van der Waals surface area (Å²) in [4.78, 5) is 32.6. The van der Waals surface area contributed by atoms with E-state index in [1.807, 2.05) is 0 Å². The van der Waals surface area contributed by atoms with Crippen molar-refractivity contribution >= 4 is 17.9 Å². The van der Waals surface area contributed by atoms with Gasteiger partial charge in [0.25, 0.3) is 5.91 Å². The second-order valence-electron chi connectivity index (χ2n) is 4.63. The summed E-state index contributed by atoms with van der Waals surface area (Å²) in [6.07, 6.45) is 5.88. The third-order valence-corrected chi connectivity index (χ3v) is 3.02. The Bertz CT molecular complexity index is 326. The van der Waals surface area contributed by atoms with Crippen LogP contribution in [0.1, 0.15) is 32.1 Å². The van der Waals surface area contributed by atoms with Crippen molar-refractivity contribution in [2.45, 2.75) is 32.1 Å². The lowest BCUT2D eigenvalue weighted by Gasteiger charge is -2.10. The first-order valence-electron chi connectivity index (χ1n) is 6.45. The molecule has 0 aromatic heterocycles. The molecule has 0 unspecified atom stereocenters. The molecule has 1 aliphatic carbocycles. The molecule has 0 spiro atoms. The van der Waals surface area contributed by atoms with Gasteiger partial charge in [0.05, 0.1) is 0 Å². The number of rotatable bonds is 7. The van der Waals surface area contributed by atoms with Crippen molar-refractivity contribution in [3.63, 3.8) is 0 Å². The molecule has 0 aliphatic heterocycles. The van der Waals surface area contributed by atoms with Crippen molar-refractivity contribution in [2.24, 2.45) is 5.92 Å². The highest BCUT2D eigenvalue weighted by atomic mass is 16.5. The fourth-order valence-corrected chi connectivity index (χ4v) is 2.13. The molecule has 0 aromatic rings. The van der Waals surface area contributed by atoms with Crippen LogP contribution in [0.5, 0.6) is 0 Å². The number of urea groups is 1. The lowest BCUT2D eigenvalue weighted by Crippen LogP contribution is -2.41. The van der Waals surface area contributed by atoms with Gasteiger partial charge in [-0.2, -0.15) is 0 Å². The van der Waals surface area contributed by atoms with E-state index in [0.717, 1.165) is 6.42 Å². The zero-order chi connectivity index (χ0) is 14.1. The number of nitrogens with one attached hydrogen (secondary N) is 2. The summed E-state index contributed by atoms with van der Waals surface area (Å²) in [5, 5.41) is 13.0. The predicted molar refractivity (Wildman–Crippen MR) is 66.6 cm³/mol. The maximum Gasteiger partial charge on any atom is 0.329 e. The Balaban J connectivity index is 2.02.